The number of piperidine rings is 1. The van der Waals surface area contributed by atoms with Crippen molar-refractivity contribution in [2.24, 2.45) is 17.8 Å². The number of fused-ring (bicyclic) bond motifs is 2. The summed E-state index contributed by atoms with van der Waals surface area (Å²) in [6.07, 6.45) is 3.78. The molecular formula is C10H19NO. The maximum atomic E-state index is 9.51. The Morgan fingerprint density at radius 2 is 1.75 bits per heavy atom. The number of rotatable bonds is 1. The summed E-state index contributed by atoms with van der Waals surface area (Å²) in [6.45, 7) is 4.30. The quantitative estimate of drug-likeness (QED) is 0.614. The van der Waals surface area contributed by atoms with Gasteiger partial charge in [-0.15, -0.1) is 0 Å². The van der Waals surface area contributed by atoms with Crippen molar-refractivity contribution in [2.75, 3.05) is 13.1 Å². The van der Waals surface area contributed by atoms with E-state index in [4.69, 9.17) is 0 Å². The Labute approximate surface area is 74.4 Å². The van der Waals surface area contributed by atoms with Crippen LogP contribution >= 0.6 is 0 Å². The zero-order chi connectivity index (χ0) is 8.55. The molecule has 2 heteroatoms. The second-order valence-electron chi connectivity index (χ2n) is 4.60. The van der Waals surface area contributed by atoms with Crippen LogP contribution in [0.1, 0.15) is 26.2 Å². The van der Waals surface area contributed by atoms with Crippen LogP contribution in [-0.2, 0) is 0 Å². The number of hydrogen-bond acceptors (Lipinski definition) is 2. The Balaban J connectivity index is 1.96. The van der Waals surface area contributed by atoms with Crippen LogP contribution in [0.5, 0.6) is 0 Å². The molecule has 3 atom stereocenters. The molecule has 2 N–H and O–H groups in total. The average molecular weight is 169 g/mol. The smallest absolute Gasteiger partial charge is 0.0540 e. The molecule has 1 aliphatic carbocycles. The Hall–Kier alpha value is -0.0800. The molecule has 12 heavy (non-hydrogen) atoms. The first-order valence-corrected chi connectivity index (χ1v) is 5.14. The first-order valence-electron chi connectivity index (χ1n) is 5.14. The molecule has 2 nitrogen and oxygen atoms in total. The summed E-state index contributed by atoms with van der Waals surface area (Å²) in [5.74, 6) is 2.27. The standard InChI is InChI=1S/C10H19NO/c1-7(12)10-3-8-2-9(4-10)6-11-5-8/h7-12H,2-6H2,1H3. The van der Waals surface area contributed by atoms with E-state index in [0.29, 0.717) is 5.92 Å². The van der Waals surface area contributed by atoms with Crippen molar-refractivity contribution in [1.82, 2.24) is 5.32 Å². The lowest BCUT2D eigenvalue weighted by atomic mass is 9.71. The molecule has 0 radical (unpaired) electrons. The van der Waals surface area contributed by atoms with Crippen LogP contribution in [-0.4, -0.2) is 24.3 Å². The van der Waals surface area contributed by atoms with E-state index < -0.39 is 0 Å². The maximum Gasteiger partial charge on any atom is 0.0540 e. The largest absolute Gasteiger partial charge is 0.393 e. The predicted octanol–water partition coefficient (Wildman–Crippen LogP) is 1.00. The van der Waals surface area contributed by atoms with Gasteiger partial charge in [-0.2, -0.15) is 0 Å². The minimum Gasteiger partial charge on any atom is -0.393 e. The third-order valence-corrected chi connectivity index (χ3v) is 3.49. The molecule has 1 saturated heterocycles. The normalized spacial score (nSPS) is 44.0. The summed E-state index contributed by atoms with van der Waals surface area (Å²) in [5, 5.41) is 13.0. The molecular weight excluding hydrogens is 150 g/mol. The van der Waals surface area contributed by atoms with E-state index in [0.717, 1.165) is 11.8 Å². The van der Waals surface area contributed by atoms with E-state index in [2.05, 4.69) is 5.32 Å². The van der Waals surface area contributed by atoms with E-state index in [-0.39, 0.29) is 6.10 Å². The van der Waals surface area contributed by atoms with Gasteiger partial charge in [-0.05, 0) is 57.0 Å². The van der Waals surface area contributed by atoms with Crippen LogP contribution in [0.25, 0.3) is 0 Å². The van der Waals surface area contributed by atoms with Crippen LogP contribution < -0.4 is 5.32 Å². The molecule has 0 amide bonds. The van der Waals surface area contributed by atoms with Gasteiger partial charge in [-0.25, -0.2) is 0 Å². The van der Waals surface area contributed by atoms with Gasteiger partial charge in [0.25, 0.3) is 0 Å². The van der Waals surface area contributed by atoms with E-state index >= 15 is 0 Å². The highest BCUT2D eigenvalue weighted by Gasteiger charge is 2.33. The van der Waals surface area contributed by atoms with E-state index in [1.54, 1.807) is 0 Å². The summed E-state index contributed by atoms with van der Waals surface area (Å²) < 4.78 is 0. The number of aliphatic hydroxyl groups is 1. The lowest BCUT2D eigenvalue weighted by Crippen LogP contribution is -2.43. The van der Waals surface area contributed by atoms with Gasteiger partial charge in [0, 0.05) is 0 Å². The van der Waals surface area contributed by atoms with Crippen molar-refractivity contribution in [3.63, 3.8) is 0 Å². The van der Waals surface area contributed by atoms with Gasteiger partial charge in [0.1, 0.15) is 0 Å². The zero-order valence-corrected chi connectivity index (χ0v) is 7.79. The summed E-state index contributed by atoms with van der Waals surface area (Å²) in [6, 6.07) is 0. The maximum absolute atomic E-state index is 9.51. The molecule has 2 bridgehead atoms. The summed E-state index contributed by atoms with van der Waals surface area (Å²) in [5.41, 5.74) is 0. The molecule has 70 valence electrons. The fraction of sp³-hybridized carbons (Fsp3) is 1.00. The minimum atomic E-state index is -0.0894. The first kappa shape index (κ1) is 8.52. The van der Waals surface area contributed by atoms with Crippen molar-refractivity contribution in [3.8, 4) is 0 Å². The zero-order valence-electron chi connectivity index (χ0n) is 7.79. The molecule has 1 saturated carbocycles. The Kier molecular flexibility index (Phi) is 2.37. The molecule has 0 spiro atoms. The third kappa shape index (κ3) is 1.64. The third-order valence-electron chi connectivity index (χ3n) is 3.49. The molecule has 1 heterocycles. The van der Waals surface area contributed by atoms with Gasteiger partial charge in [0.15, 0.2) is 0 Å². The molecule has 2 rings (SSSR count). The van der Waals surface area contributed by atoms with Crippen LogP contribution in [0.2, 0.25) is 0 Å². The topological polar surface area (TPSA) is 32.3 Å². The monoisotopic (exact) mass is 169 g/mol. The van der Waals surface area contributed by atoms with Gasteiger partial charge < -0.3 is 10.4 Å². The number of nitrogens with one attached hydrogen (secondary N) is 1. The summed E-state index contributed by atoms with van der Waals surface area (Å²) >= 11 is 0. The number of hydrogen-bond donors (Lipinski definition) is 2. The van der Waals surface area contributed by atoms with Crippen molar-refractivity contribution in [3.05, 3.63) is 0 Å². The fourth-order valence-electron chi connectivity index (χ4n) is 2.84. The lowest BCUT2D eigenvalue weighted by molar-refractivity contribution is 0.0491. The van der Waals surface area contributed by atoms with Crippen molar-refractivity contribution < 1.29 is 5.11 Å². The molecule has 0 aromatic heterocycles. The van der Waals surface area contributed by atoms with Crippen LogP contribution in [0.4, 0.5) is 0 Å². The lowest BCUT2D eigenvalue weighted by Gasteiger charge is -2.40. The van der Waals surface area contributed by atoms with Gasteiger partial charge in [0.2, 0.25) is 0 Å². The molecule has 0 aromatic rings. The second kappa shape index (κ2) is 3.35. The Bertz CT molecular complexity index is 146. The SMILES string of the molecule is CC(O)C1CC2CNCC(C2)C1. The second-order valence-corrected chi connectivity index (χ2v) is 4.60. The highest BCUT2D eigenvalue weighted by Crippen LogP contribution is 2.36. The van der Waals surface area contributed by atoms with Crippen molar-refractivity contribution in [1.29, 1.82) is 0 Å². The van der Waals surface area contributed by atoms with Crippen LogP contribution in [0.3, 0.4) is 0 Å². The highest BCUT2D eigenvalue weighted by molar-refractivity contribution is 4.86. The molecule has 1 aliphatic heterocycles. The van der Waals surface area contributed by atoms with Gasteiger partial charge in [-0.1, -0.05) is 0 Å². The first-order chi connectivity index (χ1) is 5.75. The van der Waals surface area contributed by atoms with Crippen molar-refractivity contribution >= 4 is 0 Å². The molecule has 0 aromatic carbocycles. The fourth-order valence-corrected chi connectivity index (χ4v) is 2.84. The van der Waals surface area contributed by atoms with E-state index in [9.17, 15) is 5.11 Å². The van der Waals surface area contributed by atoms with Crippen molar-refractivity contribution in [2.45, 2.75) is 32.3 Å². The molecule has 3 unspecified atom stereocenters. The summed E-state index contributed by atoms with van der Waals surface area (Å²) in [4.78, 5) is 0. The van der Waals surface area contributed by atoms with Gasteiger partial charge in [-0.3, -0.25) is 0 Å². The number of aliphatic hydroxyl groups excluding tert-OH is 1. The minimum absolute atomic E-state index is 0.0894. The average Bonchev–Trinajstić information content (AvgIpc) is 2.03. The molecule has 2 fully saturated rings. The molecule has 2 aliphatic rings. The summed E-state index contributed by atoms with van der Waals surface area (Å²) in [7, 11) is 0. The van der Waals surface area contributed by atoms with E-state index in [1.807, 2.05) is 6.92 Å². The highest BCUT2D eigenvalue weighted by atomic mass is 16.3. The Morgan fingerprint density at radius 1 is 1.17 bits per heavy atom. The Morgan fingerprint density at radius 3 is 2.25 bits per heavy atom. The predicted molar refractivity (Wildman–Crippen MR) is 48.9 cm³/mol. The van der Waals surface area contributed by atoms with Crippen LogP contribution in [0.15, 0.2) is 0 Å². The van der Waals surface area contributed by atoms with Gasteiger partial charge in [0.05, 0.1) is 6.10 Å². The van der Waals surface area contributed by atoms with Gasteiger partial charge >= 0.3 is 0 Å². The van der Waals surface area contributed by atoms with E-state index in [1.165, 1.54) is 32.4 Å². The van der Waals surface area contributed by atoms with Crippen LogP contribution in [0, 0.1) is 17.8 Å².